The number of H-pyrrole nitrogens is 2. The van der Waals surface area contributed by atoms with Gasteiger partial charge in [0.2, 0.25) is 0 Å². The maximum Gasteiger partial charge on any atom is 0.159 e. The second kappa shape index (κ2) is 7.92. The molecule has 2 aromatic heterocycles. The molecule has 5 heteroatoms. The van der Waals surface area contributed by atoms with E-state index < -0.39 is 0 Å². The number of piperidine rings is 1. The lowest BCUT2D eigenvalue weighted by atomic mass is 9.89. The largest absolute Gasteiger partial charge is 0.340 e. The van der Waals surface area contributed by atoms with Gasteiger partial charge in [-0.25, -0.2) is 4.98 Å². The van der Waals surface area contributed by atoms with Crippen molar-refractivity contribution in [2.45, 2.75) is 32.1 Å². The van der Waals surface area contributed by atoms with E-state index in [1.54, 1.807) is 0 Å². The zero-order chi connectivity index (χ0) is 20.5. The minimum absolute atomic E-state index is 0.607. The Hall–Kier alpha value is -3.18. The Bertz CT molecular complexity index is 1180. The number of nitrogens with zero attached hydrogens (tertiary/aromatic N) is 2. The van der Waals surface area contributed by atoms with Crippen molar-refractivity contribution in [3.05, 3.63) is 77.7 Å². The maximum atomic E-state index is 4.97. The van der Waals surface area contributed by atoms with Gasteiger partial charge in [-0.1, -0.05) is 43.0 Å². The molecule has 0 atom stereocenters. The Morgan fingerprint density at radius 3 is 2.87 bits per heavy atom. The molecule has 0 spiro atoms. The highest BCUT2D eigenvalue weighted by Crippen LogP contribution is 2.34. The van der Waals surface area contributed by atoms with Crippen molar-refractivity contribution in [2.24, 2.45) is 0 Å². The fourth-order valence-electron chi connectivity index (χ4n) is 4.54. The monoisotopic (exact) mass is 397 g/mol. The number of hydrogen-bond donors (Lipinski definition) is 3. The van der Waals surface area contributed by atoms with Crippen molar-refractivity contribution in [1.29, 1.82) is 0 Å². The van der Waals surface area contributed by atoms with Crippen LogP contribution in [0.2, 0.25) is 0 Å². The molecule has 3 heterocycles. The van der Waals surface area contributed by atoms with Crippen molar-refractivity contribution in [3.63, 3.8) is 0 Å². The van der Waals surface area contributed by atoms with Crippen molar-refractivity contribution in [1.82, 2.24) is 25.5 Å². The number of allylic oxidation sites excluding steroid dienone is 7. The number of aryl methyl sites for hydroxylation is 1. The van der Waals surface area contributed by atoms with Gasteiger partial charge in [-0.2, -0.15) is 5.10 Å². The van der Waals surface area contributed by atoms with Crippen molar-refractivity contribution < 1.29 is 0 Å². The van der Waals surface area contributed by atoms with Crippen molar-refractivity contribution in [3.8, 4) is 11.5 Å². The third-order valence-electron chi connectivity index (χ3n) is 6.13. The van der Waals surface area contributed by atoms with E-state index in [-0.39, 0.29) is 0 Å². The molecule has 3 aromatic rings. The van der Waals surface area contributed by atoms with Gasteiger partial charge in [0.25, 0.3) is 0 Å². The summed E-state index contributed by atoms with van der Waals surface area (Å²) in [6.07, 6.45) is 13.7. The number of fused-ring (bicyclic) bond motifs is 1. The lowest BCUT2D eigenvalue weighted by Gasteiger charge is -2.23. The molecule has 5 nitrogen and oxygen atoms in total. The third-order valence-corrected chi connectivity index (χ3v) is 6.13. The molecule has 0 bridgehead atoms. The first-order valence-electron chi connectivity index (χ1n) is 10.7. The number of aromatic nitrogens is 4. The number of hydrogen-bond acceptors (Lipinski definition) is 3. The summed E-state index contributed by atoms with van der Waals surface area (Å²) in [6.45, 7) is 8.13. The lowest BCUT2D eigenvalue weighted by Crippen LogP contribution is -2.26. The molecule has 5 rings (SSSR count). The van der Waals surface area contributed by atoms with Crippen LogP contribution in [0.1, 0.15) is 42.1 Å². The first-order valence-corrected chi connectivity index (χ1v) is 10.7. The first-order chi connectivity index (χ1) is 14.7. The number of aromatic amines is 2. The number of nitrogens with one attached hydrogen (secondary N) is 3. The number of imidazole rings is 1. The van der Waals surface area contributed by atoms with Crippen LogP contribution in [-0.4, -0.2) is 33.3 Å². The normalized spacial score (nSPS) is 17.6. The first kappa shape index (κ1) is 18.8. The minimum atomic E-state index is 0.607. The Balaban J connectivity index is 1.56. The van der Waals surface area contributed by atoms with Gasteiger partial charge in [0.15, 0.2) is 5.82 Å². The van der Waals surface area contributed by atoms with Gasteiger partial charge in [0.05, 0.1) is 11.2 Å². The van der Waals surface area contributed by atoms with E-state index in [2.05, 4.69) is 70.4 Å². The van der Waals surface area contributed by atoms with Crippen LogP contribution in [0.4, 0.5) is 0 Å². The second-order valence-electron chi connectivity index (χ2n) is 8.07. The standard InChI is InChI=1S/C25H27N5/c1-3-6-20(18-7-4-5-8-18)23-16(2)27-25(28-23)24-21-15-19(9-10-22(21)29-30-24)17-11-13-26-14-12-17/h3-4,6-10,15,17,26H,1,5,11-14H2,2H3,(H,27,28)(H,29,30)/b20-6-. The minimum Gasteiger partial charge on any atom is -0.340 e. The predicted octanol–water partition coefficient (Wildman–Crippen LogP) is 5.18. The molecule has 1 fully saturated rings. The van der Waals surface area contributed by atoms with Crippen LogP contribution >= 0.6 is 0 Å². The summed E-state index contributed by atoms with van der Waals surface area (Å²) in [5.41, 5.74) is 7.58. The summed E-state index contributed by atoms with van der Waals surface area (Å²) in [7, 11) is 0. The Morgan fingerprint density at radius 2 is 2.10 bits per heavy atom. The molecular formula is C25H27N5. The average molecular weight is 398 g/mol. The SMILES string of the molecule is C=C/C=C(/C1=CCC=C1)c1nc(-c2n[nH]c3ccc(C4CCNCC4)cc23)[nH]c1C. The summed E-state index contributed by atoms with van der Waals surface area (Å²) >= 11 is 0. The second-order valence-corrected chi connectivity index (χ2v) is 8.07. The fraction of sp³-hybridized carbons (Fsp3) is 0.280. The van der Waals surface area contributed by atoms with Crippen LogP contribution in [-0.2, 0) is 0 Å². The Kier molecular flexibility index (Phi) is 4.97. The predicted molar refractivity (Wildman–Crippen MR) is 123 cm³/mol. The van der Waals surface area contributed by atoms with Crippen LogP contribution < -0.4 is 5.32 Å². The third kappa shape index (κ3) is 3.35. The zero-order valence-corrected chi connectivity index (χ0v) is 17.3. The molecule has 3 N–H and O–H groups in total. The van der Waals surface area contributed by atoms with E-state index >= 15 is 0 Å². The summed E-state index contributed by atoms with van der Waals surface area (Å²) in [4.78, 5) is 8.44. The summed E-state index contributed by atoms with van der Waals surface area (Å²) in [5, 5.41) is 12.4. The molecule has 0 saturated carbocycles. The van der Waals surface area contributed by atoms with Crippen LogP contribution in [0, 0.1) is 6.92 Å². The van der Waals surface area contributed by atoms with Crippen molar-refractivity contribution in [2.75, 3.05) is 13.1 Å². The van der Waals surface area contributed by atoms with Gasteiger partial charge in [-0.3, -0.25) is 5.10 Å². The molecule has 1 aliphatic carbocycles. The highest BCUT2D eigenvalue weighted by atomic mass is 15.1. The highest BCUT2D eigenvalue weighted by Gasteiger charge is 2.20. The highest BCUT2D eigenvalue weighted by molar-refractivity contribution is 5.92. The molecule has 1 saturated heterocycles. The number of rotatable bonds is 5. The van der Waals surface area contributed by atoms with E-state index in [4.69, 9.17) is 4.98 Å². The summed E-state index contributed by atoms with van der Waals surface area (Å²) in [6, 6.07) is 6.68. The average Bonchev–Trinajstić information content (AvgIpc) is 3.52. The fourth-order valence-corrected chi connectivity index (χ4v) is 4.54. The molecule has 30 heavy (non-hydrogen) atoms. The van der Waals surface area contributed by atoms with E-state index in [0.717, 1.165) is 58.9 Å². The lowest BCUT2D eigenvalue weighted by molar-refractivity contribution is 0.460. The van der Waals surface area contributed by atoms with E-state index in [1.165, 1.54) is 24.0 Å². The van der Waals surface area contributed by atoms with E-state index in [9.17, 15) is 0 Å². The summed E-state index contributed by atoms with van der Waals surface area (Å²) in [5.74, 6) is 1.41. The molecule has 1 aliphatic heterocycles. The van der Waals surface area contributed by atoms with E-state index in [1.807, 2.05) is 12.2 Å². The molecule has 2 aliphatic rings. The maximum absolute atomic E-state index is 4.97. The molecule has 152 valence electrons. The summed E-state index contributed by atoms with van der Waals surface area (Å²) < 4.78 is 0. The molecule has 1 aromatic carbocycles. The van der Waals surface area contributed by atoms with Crippen LogP contribution in [0.3, 0.4) is 0 Å². The molecular weight excluding hydrogens is 370 g/mol. The van der Waals surface area contributed by atoms with Gasteiger partial charge >= 0.3 is 0 Å². The number of benzene rings is 1. The smallest absolute Gasteiger partial charge is 0.159 e. The van der Waals surface area contributed by atoms with Crippen LogP contribution in [0.5, 0.6) is 0 Å². The van der Waals surface area contributed by atoms with Gasteiger partial charge in [-0.15, -0.1) is 0 Å². The van der Waals surface area contributed by atoms with Crippen molar-refractivity contribution >= 4 is 16.5 Å². The Labute approximate surface area is 176 Å². The van der Waals surface area contributed by atoms with Crippen LogP contribution in [0.15, 0.2) is 60.7 Å². The van der Waals surface area contributed by atoms with Gasteiger partial charge in [0, 0.05) is 16.7 Å². The molecule has 0 unspecified atom stereocenters. The molecule has 0 radical (unpaired) electrons. The Morgan fingerprint density at radius 1 is 1.23 bits per heavy atom. The van der Waals surface area contributed by atoms with Gasteiger partial charge < -0.3 is 10.3 Å². The van der Waals surface area contributed by atoms with E-state index in [0.29, 0.717) is 5.92 Å². The topological polar surface area (TPSA) is 69.4 Å². The zero-order valence-electron chi connectivity index (χ0n) is 17.3. The van der Waals surface area contributed by atoms with Gasteiger partial charge in [0.1, 0.15) is 5.69 Å². The quantitative estimate of drug-likeness (QED) is 0.519. The van der Waals surface area contributed by atoms with Gasteiger partial charge in [-0.05, 0) is 68.5 Å². The van der Waals surface area contributed by atoms with Crippen LogP contribution in [0.25, 0.3) is 28.0 Å². The molecule has 0 amide bonds.